The Morgan fingerprint density at radius 1 is 1.29 bits per heavy atom. The molecule has 0 spiro atoms. The van der Waals surface area contributed by atoms with Gasteiger partial charge in [-0.2, -0.15) is 0 Å². The average molecular weight is 514 g/mol. The molecule has 1 fully saturated rings. The molecule has 0 aromatic heterocycles. The lowest BCUT2D eigenvalue weighted by Gasteiger charge is -2.31. The summed E-state index contributed by atoms with van der Waals surface area (Å²) in [6, 6.07) is 5.77. The average Bonchev–Trinajstić information content (AvgIpc) is 2.59. The molecule has 1 aliphatic heterocycles. The van der Waals surface area contributed by atoms with Crippen molar-refractivity contribution in [3.63, 3.8) is 0 Å². The molecule has 0 saturated carbocycles. The number of rotatable bonds is 7. The molecule has 2 rings (SSSR count). The number of guanidine groups is 1. The zero-order chi connectivity index (χ0) is 19.9. The fraction of sp³-hybridized carbons (Fsp3) is 0.632. The summed E-state index contributed by atoms with van der Waals surface area (Å²) in [5.41, 5.74) is 5.99. The lowest BCUT2D eigenvalue weighted by molar-refractivity contribution is -0.274. The Labute approximate surface area is 181 Å². The largest absolute Gasteiger partial charge is 0.573 e. The van der Waals surface area contributed by atoms with Crippen molar-refractivity contribution < 1.29 is 17.9 Å². The number of likely N-dealkylation sites (tertiary alicyclic amines) is 1. The molecule has 3 N–H and O–H groups in total. The van der Waals surface area contributed by atoms with Crippen LogP contribution >= 0.6 is 24.0 Å². The highest BCUT2D eigenvalue weighted by Crippen LogP contribution is 2.29. The molecule has 0 amide bonds. The van der Waals surface area contributed by atoms with Crippen LogP contribution in [0.15, 0.2) is 29.3 Å². The number of ether oxygens (including phenoxy) is 1. The molecule has 0 radical (unpaired) electrons. The number of alkyl halides is 3. The molecule has 1 saturated heterocycles. The fourth-order valence-corrected chi connectivity index (χ4v) is 3.02. The zero-order valence-corrected chi connectivity index (χ0v) is 18.7. The van der Waals surface area contributed by atoms with Crippen molar-refractivity contribution in [1.29, 1.82) is 0 Å². The van der Waals surface area contributed by atoms with Crippen LogP contribution in [0.3, 0.4) is 0 Å². The maximum absolute atomic E-state index is 12.5. The number of hydrogen-bond acceptors (Lipinski definition) is 3. The minimum Gasteiger partial charge on any atom is -0.404 e. The number of nitrogens with one attached hydrogen (secondary N) is 1. The highest BCUT2D eigenvalue weighted by atomic mass is 127. The van der Waals surface area contributed by atoms with Crippen molar-refractivity contribution >= 4 is 35.6 Å². The molecule has 0 aliphatic carbocycles. The maximum atomic E-state index is 12.5. The lowest BCUT2D eigenvalue weighted by Crippen LogP contribution is -2.36. The minimum absolute atomic E-state index is 0. The zero-order valence-electron chi connectivity index (χ0n) is 16.3. The van der Waals surface area contributed by atoms with Gasteiger partial charge in [-0.05, 0) is 62.9 Å². The van der Waals surface area contributed by atoms with Gasteiger partial charge in [-0.25, -0.2) is 0 Å². The summed E-state index contributed by atoms with van der Waals surface area (Å²) in [6.45, 7) is 8.28. The molecule has 1 heterocycles. The van der Waals surface area contributed by atoms with Crippen molar-refractivity contribution in [1.82, 2.24) is 4.90 Å². The Kier molecular flexibility index (Phi) is 10.4. The Bertz CT molecular complexity index is 617. The van der Waals surface area contributed by atoms with E-state index in [-0.39, 0.29) is 41.4 Å². The van der Waals surface area contributed by atoms with Crippen molar-refractivity contribution in [2.75, 3.05) is 31.5 Å². The molecule has 28 heavy (non-hydrogen) atoms. The van der Waals surface area contributed by atoms with E-state index in [0.29, 0.717) is 18.4 Å². The molecule has 9 heteroatoms. The number of piperidine rings is 1. The highest BCUT2D eigenvalue weighted by Gasteiger charge is 2.32. The van der Waals surface area contributed by atoms with Crippen LogP contribution in [0, 0.1) is 11.8 Å². The monoisotopic (exact) mass is 514 g/mol. The third kappa shape index (κ3) is 9.31. The highest BCUT2D eigenvalue weighted by molar-refractivity contribution is 14.0. The van der Waals surface area contributed by atoms with Crippen molar-refractivity contribution in [2.45, 2.75) is 39.5 Å². The summed E-state index contributed by atoms with van der Waals surface area (Å²) >= 11 is 0. The summed E-state index contributed by atoms with van der Waals surface area (Å²) in [5.74, 6) is 0.918. The number of para-hydroxylation sites is 2. The summed E-state index contributed by atoms with van der Waals surface area (Å²) in [5, 5.41) is 2.71. The summed E-state index contributed by atoms with van der Waals surface area (Å²) in [4.78, 5) is 6.79. The van der Waals surface area contributed by atoms with Gasteiger partial charge in [-0.3, -0.25) is 4.99 Å². The summed E-state index contributed by atoms with van der Waals surface area (Å²) < 4.78 is 41.4. The second-order valence-corrected chi connectivity index (χ2v) is 7.36. The molecule has 0 bridgehead atoms. The molecule has 0 unspecified atom stereocenters. The number of nitrogens with two attached hydrogens (primary N) is 1. The van der Waals surface area contributed by atoms with Crippen LogP contribution in [0.25, 0.3) is 0 Å². The number of halogens is 4. The van der Waals surface area contributed by atoms with E-state index in [1.54, 1.807) is 6.07 Å². The van der Waals surface area contributed by atoms with E-state index in [2.05, 4.69) is 33.8 Å². The predicted octanol–water partition coefficient (Wildman–Crippen LogP) is 4.69. The van der Waals surface area contributed by atoms with Crippen LogP contribution in [-0.4, -0.2) is 43.4 Å². The first-order chi connectivity index (χ1) is 12.7. The normalized spacial score (nSPS) is 16.7. The first-order valence-corrected chi connectivity index (χ1v) is 9.37. The van der Waals surface area contributed by atoms with E-state index in [0.717, 1.165) is 32.5 Å². The molecule has 0 atom stereocenters. The van der Waals surface area contributed by atoms with Crippen LogP contribution in [0.4, 0.5) is 18.9 Å². The second-order valence-electron chi connectivity index (χ2n) is 7.36. The summed E-state index contributed by atoms with van der Waals surface area (Å²) in [7, 11) is 0. The van der Waals surface area contributed by atoms with Crippen molar-refractivity contribution in [2.24, 2.45) is 22.6 Å². The van der Waals surface area contributed by atoms with Gasteiger partial charge in [-0.15, -0.1) is 37.1 Å². The number of aliphatic imine (C=N–C) groups is 1. The standard InChI is InChI=1S/C19H29F3N4O.HI/c1-14(2)7-10-26-11-8-15(9-12-26)13-24-18(23)25-16-5-3-4-6-17(16)27-19(20,21)22;/h3-6,14-15H,7-13H2,1-2H3,(H3,23,24,25);1H. The van der Waals surface area contributed by atoms with E-state index < -0.39 is 6.36 Å². The van der Waals surface area contributed by atoms with E-state index in [1.165, 1.54) is 24.6 Å². The third-order valence-electron chi connectivity index (χ3n) is 4.63. The quantitative estimate of drug-likeness (QED) is 0.315. The fourth-order valence-electron chi connectivity index (χ4n) is 3.02. The van der Waals surface area contributed by atoms with Gasteiger partial charge in [0, 0.05) is 6.54 Å². The molecule has 1 aliphatic rings. The van der Waals surface area contributed by atoms with Gasteiger partial charge in [0.2, 0.25) is 0 Å². The smallest absolute Gasteiger partial charge is 0.404 e. The Hall–Kier alpha value is -1.23. The number of benzene rings is 1. The molecule has 160 valence electrons. The van der Waals surface area contributed by atoms with Gasteiger partial charge in [0.25, 0.3) is 0 Å². The number of hydrogen-bond donors (Lipinski definition) is 2. The third-order valence-corrected chi connectivity index (χ3v) is 4.63. The summed E-state index contributed by atoms with van der Waals surface area (Å²) in [6.07, 6.45) is -1.43. The molecule has 1 aromatic carbocycles. The van der Waals surface area contributed by atoms with Gasteiger partial charge < -0.3 is 20.7 Å². The Balaban J connectivity index is 0.00000392. The van der Waals surface area contributed by atoms with Gasteiger partial charge in [0.1, 0.15) is 0 Å². The predicted molar refractivity (Wildman–Crippen MR) is 117 cm³/mol. The van der Waals surface area contributed by atoms with Crippen molar-refractivity contribution in [3.8, 4) is 5.75 Å². The number of nitrogens with zero attached hydrogens (tertiary/aromatic N) is 2. The first-order valence-electron chi connectivity index (χ1n) is 9.37. The molecular weight excluding hydrogens is 484 g/mol. The number of anilines is 1. The van der Waals surface area contributed by atoms with Gasteiger partial charge in [0.05, 0.1) is 5.69 Å². The van der Waals surface area contributed by atoms with E-state index in [1.807, 2.05) is 0 Å². The maximum Gasteiger partial charge on any atom is 0.573 e. The van der Waals surface area contributed by atoms with Crippen LogP contribution in [0.1, 0.15) is 33.1 Å². The van der Waals surface area contributed by atoms with Crippen LogP contribution < -0.4 is 15.8 Å². The SMILES string of the molecule is CC(C)CCN1CCC(CN=C(N)Nc2ccccc2OC(F)(F)F)CC1.I. The van der Waals surface area contributed by atoms with Crippen LogP contribution in [-0.2, 0) is 0 Å². The molecular formula is C19H30F3IN4O. The lowest BCUT2D eigenvalue weighted by atomic mass is 9.96. The van der Waals surface area contributed by atoms with E-state index in [4.69, 9.17) is 5.73 Å². The van der Waals surface area contributed by atoms with Gasteiger partial charge in [0.15, 0.2) is 11.7 Å². The van der Waals surface area contributed by atoms with Gasteiger partial charge >= 0.3 is 6.36 Å². The van der Waals surface area contributed by atoms with E-state index >= 15 is 0 Å². The Morgan fingerprint density at radius 3 is 2.54 bits per heavy atom. The molecule has 5 nitrogen and oxygen atoms in total. The second kappa shape index (κ2) is 11.7. The Morgan fingerprint density at radius 2 is 1.93 bits per heavy atom. The minimum atomic E-state index is -4.76. The molecule has 1 aromatic rings. The van der Waals surface area contributed by atoms with Crippen LogP contribution in [0.2, 0.25) is 0 Å². The van der Waals surface area contributed by atoms with E-state index in [9.17, 15) is 13.2 Å². The topological polar surface area (TPSA) is 62.9 Å². The first kappa shape index (κ1) is 24.8. The van der Waals surface area contributed by atoms with Crippen LogP contribution in [0.5, 0.6) is 5.75 Å². The van der Waals surface area contributed by atoms with Crippen molar-refractivity contribution in [3.05, 3.63) is 24.3 Å². The van der Waals surface area contributed by atoms with Gasteiger partial charge in [-0.1, -0.05) is 26.0 Å².